The van der Waals surface area contributed by atoms with Crippen LogP contribution in [0.2, 0.25) is 0 Å². The van der Waals surface area contributed by atoms with E-state index >= 15 is 0 Å². The maximum absolute atomic E-state index is 11.5. The van der Waals surface area contributed by atoms with Crippen molar-refractivity contribution in [3.8, 4) is 0 Å². The van der Waals surface area contributed by atoms with Gasteiger partial charge in [0.15, 0.2) is 0 Å². The van der Waals surface area contributed by atoms with E-state index in [1.807, 2.05) is 24.3 Å². The number of nitrogen functional groups attached to an aromatic ring is 1. The van der Waals surface area contributed by atoms with Crippen molar-refractivity contribution >= 4 is 27.1 Å². The molecule has 0 radical (unpaired) electrons. The highest BCUT2D eigenvalue weighted by Crippen LogP contribution is 2.25. The van der Waals surface area contributed by atoms with Crippen LogP contribution in [0.15, 0.2) is 47.4 Å². The highest BCUT2D eigenvalue weighted by atomic mass is 32.2. The second-order valence-corrected chi connectivity index (χ2v) is 6.43. The van der Waals surface area contributed by atoms with Crippen LogP contribution in [0.4, 0.5) is 17.1 Å². The van der Waals surface area contributed by atoms with E-state index in [2.05, 4.69) is 12.2 Å². The molecule has 0 spiro atoms. The first-order valence-electron chi connectivity index (χ1n) is 6.68. The summed E-state index contributed by atoms with van der Waals surface area (Å²) in [6.45, 7) is 2.11. The molecule has 0 saturated heterocycles. The van der Waals surface area contributed by atoms with Crippen LogP contribution >= 0.6 is 0 Å². The minimum atomic E-state index is -3.78. The quantitative estimate of drug-likeness (QED) is 0.739. The van der Waals surface area contributed by atoms with E-state index in [9.17, 15) is 8.42 Å². The average molecular weight is 305 g/mol. The lowest BCUT2D eigenvalue weighted by Gasteiger charge is -2.13. The molecule has 0 aliphatic carbocycles. The molecule has 112 valence electrons. The average Bonchev–Trinajstić information content (AvgIpc) is 2.40. The van der Waals surface area contributed by atoms with Gasteiger partial charge in [-0.15, -0.1) is 0 Å². The van der Waals surface area contributed by atoms with Gasteiger partial charge in [0, 0.05) is 17.1 Å². The molecule has 0 atom stereocenters. The van der Waals surface area contributed by atoms with Gasteiger partial charge in [0.25, 0.3) is 0 Å². The van der Waals surface area contributed by atoms with E-state index < -0.39 is 10.0 Å². The van der Waals surface area contributed by atoms with Gasteiger partial charge >= 0.3 is 0 Å². The number of anilines is 3. The van der Waals surface area contributed by atoms with E-state index in [1.54, 1.807) is 6.07 Å². The monoisotopic (exact) mass is 305 g/mol. The standard InChI is InChI=1S/C15H19N3O2S/c1-2-5-11-6-3-4-7-15(11)18-13-8-12(16)9-14(10-13)21(17,19)20/h3-4,6-10,18H,2,5,16H2,1H3,(H2,17,19,20). The maximum atomic E-state index is 11.5. The molecule has 0 fully saturated rings. The summed E-state index contributed by atoms with van der Waals surface area (Å²) in [6, 6.07) is 12.4. The van der Waals surface area contributed by atoms with Crippen molar-refractivity contribution in [2.24, 2.45) is 5.14 Å². The van der Waals surface area contributed by atoms with Crippen LogP contribution in [-0.2, 0) is 16.4 Å². The van der Waals surface area contributed by atoms with Crippen molar-refractivity contribution < 1.29 is 8.42 Å². The maximum Gasteiger partial charge on any atom is 0.238 e. The van der Waals surface area contributed by atoms with E-state index in [-0.39, 0.29) is 4.90 Å². The summed E-state index contributed by atoms with van der Waals surface area (Å²) in [5.41, 5.74) is 8.79. The Kier molecular flexibility index (Phi) is 4.50. The third-order valence-electron chi connectivity index (χ3n) is 3.07. The minimum Gasteiger partial charge on any atom is -0.399 e. The lowest BCUT2D eigenvalue weighted by Crippen LogP contribution is -2.12. The molecule has 0 aliphatic heterocycles. The van der Waals surface area contributed by atoms with Gasteiger partial charge in [0.05, 0.1) is 4.90 Å². The largest absolute Gasteiger partial charge is 0.399 e. The SMILES string of the molecule is CCCc1ccccc1Nc1cc(N)cc(S(N)(=O)=O)c1. The van der Waals surface area contributed by atoms with Crippen molar-refractivity contribution in [3.63, 3.8) is 0 Å². The normalized spacial score (nSPS) is 11.3. The fourth-order valence-electron chi connectivity index (χ4n) is 2.14. The van der Waals surface area contributed by atoms with E-state index in [1.165, 1.54) is 17.7 Å². The zero-order valence-electron chi connectivity index (χ0n) is 11.8. The number of rotatable bonds is 5. The number of hydrogen-bond donors (Lipinski definition) is 3. The van der Waals surface area contributed by atoms with Crippen molar-refractivity contribution in [2.45, 2.75) is 24.7 Å². The molecule has 0 aromatic heterocycles. The third-order valence-corrected chi connectivity index (χ3v) is 3.97. The Labute approximate surface area is 125 Å². The van der Waals surface area contributed by atoms with Crippen LogP contribution in [0.1, 0.15) is 18.9 Å². The molecule has 21 heavy (non-hydrogen) atoms. The molecule has 5 N–H and O–H groups in total. The van der Waals surface area contributed by atoms with Crippen LogP contribution in [0.5, 0.6) is 0 Å². The van der Waals surface area contributed by atoms with Gasteiger partial charge in [0.1, 0.15) is 0 Å². The highest BCUT2D eigenvalue weighted by molar-refractivity contribution is 7.89. The van der Waals surface area contributed by atoms with Gasteiger partial charge in [-0.25, -0.2) is 13.6 Å². The number of nitrogens with two attached hydrogens (primary N) is 2. The Morgan fingerprint density at radius 1 is 1.14 bits per heavy atom. The topological polar surface area (TPSA) is 98.2 Å². The zero-order valence-corrected chi connectivity index (χ0v) is 12.7. The second-order valence-electron chi connectivity index (χ2n) is 4.87. The van der Waals surface area contributed by atoms with Crippen LogP contribution in [-0.4, -0.2) is 8.42 Å². The molecule has 0 bridgehead atoms. The number of sulfonamides is 1. The molecule has 0 unspecified atom stereocenters. The summed E-state index contributed by atoms with van der Waals surface area (Å²) < 4.78 is 22.9. The van der Waals surface area contributed by atoms with Crippen LogP contribution in [0, 0.1) is 0 Å². The Hall–Kier alpha value is -2.05. The Balaban J connectivity index is 2.38. The number of primary sulfonamides is 1. The minimum absolute atomic E-state index is 0.00188. The summed E-state index contributed by atoms with van der Waals surface area (Å²) in [5.74, 6) is 0. The van der Waals surface area contributed by atoms with E-state index in [0.717, 1.165) is 18.5 Å². The van der Waals surface area contributed by atoms with Crippen LogP contribution in [0.3, 0.4) is 0 Å². The van der Waals surface area contributed by atoms with Crippen LogP contribution in [0.25, 0.3) is 0 Å². The smallest absolute Gasteiger partial charge is 0.238 e. The lowest BCUT2D eigenvalue weighted by atomic mass is 10.1. The number of para-hydroxylation sites is 1. The molecule has 0 saturated carbocycles. The van der Waals surface area contributed by atoms with Gasteiger partial charge in [0.2, 0.25) is 10.0 Å². The molecule has 2 rings (SSSR count). The first-order valence-corrected chi connectivity index (χ1v) is 8.23. The molecule has 2 aromatic carbocycles. The van der Waals surface area contributed by atoms with Gasteiger partial charge in [-0.1, -0.05) is 31.5 Å². The molecule has 5 nitrogen and oxygen atoms in total. The summed E-state index contributed by atoms with van der Waals surface area (Å²) in [5, 5.41) is 8.37. The first kappa shape index (κ1) is 15.3. The molecule has 6 heteroatoms. The van der Waals surface area contributed by atoms with Crippen molar-refractivity contribution in [3.05, 3.63) is 48.0 Å². The number of hydrogen-bond acceptors (Lipinski definition) is 4. The lowest BCUT2D eigenvalue weighted by molar-refractivity contribution is 0.598. The summed E-state index contributed by atoms with van der Waals surface area (Å²) in [7, 11) is -3.78. The summed E-state index contributed by atoms with van der Waals surface area (Å²) in [4.78, 5) is -0.00188. The Bertz CT molecular complexity index is 742. The predicted molar refractivity (Wildman–Crippen MR) is 85.9 cm³/mol. The predicted octanol–water partition coefficient (Wildman–Crippen LogP) is 2.61. The summed E-state index contributed by atoms with van der Waals surface area (Å²) >= 11 is 0. The van der Waals surface area contributed by atoms with Crippen molar-refractivity contribution in [1.82, 2.24) is 0 Å². The fraction of sp³-hybridized carbons (Fsp3) is 0.200. The molecule has 0 aliphatic rings. The first-order chi connectivity index (χ1) is 9.90. The molecule has 2 aromatic rings. The Morgan fingerprint density at radius 3 is 2.52 bits per heavy atom. The van der Waals surface area contributed by atoms with Crippen LogP contribution < -0.4 is 16.2 Å². The van der Waals surface area contributed by atoms with Gasteiger partial charge in [-0.05, 0) is 36.2 Å². The number of nitrogens with one attached hydrogen (secondary N) is 1. The van der Waals surface area contributed by atoms with Gasteiger partial charge in [-0.3, -0.25) is 0 Å². The molecule has 0 amide bonds. The highest BCUT2D eigenvalue weighted by Gasteiger charge is 2.10. The van der Waals surface area contributed by atoms with Gasteiger partial charge in [-0.2, -0.15) is 0 Å². The van der Waals surface area contributed by atoms with Gasteiger partial charge < -0.3 is 11.1 Å². The summed E-state index contributed by atoms with van der Waals surface area (Å²) in [6.07, 6.45) is 1.96. The van der Waals surface area contributed by atoms with Crippen molar-refractivity contribution in [1.29, 1.82) is 0 Å². The zero-order chi connectivity index (χ0) is 15.5. The van der Waals surface area contributed by atoms with Crippen molar-refractivity contribution in [2.75, 3.05) is 11.1 Å². The second kappa shape index (κ2) is 6.15. The van der Waals surface area contributed by atoms with E-state index in [0.29, 0.717) is 11.4 Å². The molecule has 0 heterocycles. The number of aryl methyl sites for hydroxylation is 1. The van der Waals surface area contributed by atoms with E-state index in [4.69, 9.17) is 10.9 Å². The third kappa shape index (κ3) is 3.96. The molecular weight excluding hydrogens is 286 g/mol. The Morgan fingerprint density at radius 2 is 1.86 bits per heavy atom. The fourth-order valence-corrected chi connectivity index (χ4v) is 2.74. The number of benzene rings is 2. The molecular formula is C15H19N3O2S.